The van der Waals surface area contributed by atoms with Crippen LogP contribution in [0, 0.1) is 0 Å². The van der Waals surface area contributed by atoms with Crippen molar-refractivity contribution in [3.05, 3.63) is 64.2 Å². The summed E-state index contributed by atoms with van der Waals surface area (Å²) >= 11 is 0. The van der Waals surface area contributed by atoms with Gasteiger partial charge in [-0.3, -0.25) is 4.79 Å². The van der Waals surface area contributed by atoms with Crippen LogP contribution in [0.25, 0.3) is 0 Å². The van der Waals surface area contributed by atoms with Crippen LogP contribution in [-0.2, 0) is 34.5 Å². The van der Waals surface area contributed by atoms with Crippen LogP contribution in [0.2, 0.25) is 0 Å². The molecule has 2 atom stereocenters. The first kappa shape index (κ1) is 18.0. The molecule has 0 fully saturated rings. The molecule has 0 saturated heterocycles. The summed E-state index contributed by atoms with van der Waals surface area (Å²) in [5.74, 6) is 0.590. The normalized spacial score (nSPS) is 21.4. The van der Waals surface area contributed by atoms with Crippen molar-refractivity contribution in [2.75, 3.05) is 7.11 Å². The maximum Gasteiger partial charge on any atom is 0.219 e. The van der Waals surface area contributed by atoms with E-state index in [0.717, 1.165) is 41.7 Å². The Balaban J connectivity index is 1.67. The van der Waals surface area contributed by atoms with Crippen molar-refractivity contribution in [2.45, 2.75) is 51.0 Å². The number of nitrogens with two attached hydrogens (primary N) is 1. The largest absolute Gasteiger partial charge is 0.497 e. The first-order valence-electron chi connectivity index (χ1n) is 9.52. The van der Waals surface area contributed by atoms with Crippen LogP contribution in [0.5, 0.6) is 5.75 Å². The molecule has 5 heteroatoms. The predicted octanol–water partition coefficient (Wildman–Crippen LogP) is 3.09. The lowest BCUT2D eigenvalue weighted by atomic mass is 10.0. The molecule has 5 nitrogen and oxygen atoms in total. The molecule has 2 aromatic rings. The molecule has 0 heterocycles. The molecular weight excluding hydrogens is 340 g/mol. The molecule has 3 N–H and O–H groups in total. The van der Waals surface area contributed by atoms with Crippen LogP contribution >= 0.6 is 0 Å². The number of ether oxygens (including phenoxy) is 2. The maximum atomic E-state index is 12.0. The van der Waals surface area contributed by atoms with Gasteiger partial charge in [-0.1, -0.05) is 24.3 Å². The molecule has 2 aliphatic carbocycles. The number of carbonyl (C=O) groups excluding carboxylic acids is 1. The highest BCUT2D eigenvalue weighted by Gasteiger charge is 2.42. The number of rotatable bonds is 5. The number of fused-ring (bicyclic) bond motifs is 2. The van der Waals surface area contributed by atoms with E-state index in [1.807, 2.05) is 24.3 Å². The molecule has 142 valence electrons. The Hall–Kier alpha value is -2.37. The Morgan fingerprint density at radius 2 is 1.89 bits per heavy atom. The van der Waals surface area contributed by atoms with Crippen LogP contribution in [0.1, 0.15) is 53.8 Å². The lowest BCUT2D eigenvalue weighted by molar-refractivity contribution is -0.146. The highest BCUT2D eigenvalue weighted by molar-refractivity contribution is 5.74. The third kappa shape index (κ3) is 3.33. The average molecular weight is 366 g/mol. The molecule has 0 aliphatic heterocycles. The molecule has 1 amide bonds. The van der Waals surface area contributed by atoms with Crippen molar-refractivity contribution in [1.29, 1.82) is 0 Å². The molecule has 0 spiro atoms. The van der Waals surface area contributed by atoms with Gasteiger partial charge in [-0.25, -0.2) is 0 Å². The van der Waals surface area contributed by atoms with E-state index in [-0.39, 0.29) is 5.91 Å². The van der Waals surface area contributed by atoms with Gasteiger partial charge in [0.15, 0.2) is 5.72 Å². The highest BCUT2D eigenvalue weighted by Crippen LogP contribution is 2.42. The first-order chi connectivity index (χ1) is 13.0. The van der Waals surface area contributed by atoms with Gasteiger partial charge in [0.05, 0.1) is 7.11 Å². The second kappa shape index (κ2) is 6.98. The van der Waals surface area contributed by atoms with Crippen LogP contribution in [0.3, 0.4) is 0 Å². The van der Waals surface area contributed by atoms with Gasteiger partial charge in [-0.05, 0) is 60.1 Å². The Labute approximate surface area is 159 Å². The van der Waals surface area contributed by atoms with Gasteiger partial charge in [0.2, 0.25) is 5.91 Å². The molecule has 0 saturated carbocycles. The Kier molecular flexibility index (Phi) is 4.66. The van der Waals surface area contributed by atoms with E-state index in [2.05, 4.69) is 17.4 Å². The number of hydrogen-bond acceptors (Lipinski definition) is 4. The van der Waals surface area contributed by atoms with E-state index >= 15 is 0 Å². The monoisotopic (exact) mass is 366 g/mol. The van der Waals surface area contributed by atoms with Gasteiger partial charge in [-0.2, -0.15) is 0 Å². The molecule has 2 aromatic carbocycles. The number of amides is 1. The summed E-state index contributed by atoms with van der Waals surface area (Å²) < 4.78 is 11.8. The quantitative estimate of drug-likeness (QED) is 0.798. The average Bonchev–Trinajstić information content (AvgIpc) is 3.25. The van der Waals surface area contributed by atoms with Crippen molar-refractivity contribution >= 4 is 5.91 Å². The number of benzene rings is 2. The molecule has 4 rings (SSSR count). The number of aryl methyl sites for hydroxylation is 3. The van der Waals surface area contributed by atoms with Crippen LogP contribution < -0.4 is 15.8 Å². The zero-order valence-corrected chi connectivity index (χ0v) is 15.9. The number of nitrogens with one attached hydrogen (secondary N) is 1. The summed E-state index contributed by atoms with van der Waals surface area (Å²) in [6.45, 7) is 1.50. The SMILES string of the molecule is COc1ccc2c(c1)C(NC(C)=O)(OC(N)c1ccc3c(c1)CCC3)CC2. The minimum Gasteiger partial charge on any atom is -0.497 e. The van der Waals surface area contributed by atoms with Crippen LogP contribution in [0.15, 0.2) is 36.4 Å². The van der Waals surface area contributed by atoms with Gasteiger partial charge in [0.1, 0.15) is 12.0 Å². The fourth-order valence-electron chi connectivity index (χ4n) is 4.34. The van der Waals surface area contributed by atoms with E-state index in [1.165, 1.54) is 24.5 Å². The topological polar surface area (TPSA) is 73.6 Å². The van der Waals surface area contributed by atoms with Crippen molar-refractivity contribution in [2.24, 2.45) is 5.73 Å². The fraction of sp³-hybridized carbons (Fsp3) is 0.409. The summed E-state index contributed by atoms with van der Waals surface area (Å²) in [5.41, 5.74) is 11.3. The smallest absolute Gasteiger partial charge is 0.219 e. The molecular formula is C22H26N2O3. The van der Waals surface area contributed by atoms with E-state index < -0.39 is 12.0 Å². The Morgan fingerprint density at radius 3 is 2.67 bits per heavy atom. The van der Waals surface area contributed by atoms with E-state index in [9.17, 15) is 4.79 Å². The lowest BCUT2D eigenvalue weighted by Crippen LogP contribution is -2.47. The second-order valence-electron chi connectivity index (χ2n) is 7.45. The van der Waals surface area contributed by atoms with Crippen molar-refractivity contribution in [1.82, 2.24) is 5.32 Å². The summed E-state index contributed by atoms with van der Waals surface area (Å²) in [4.78, 5) is 12.0. The lowest BCUT2D eigenvalue weighted by Gasteiger charge is -2.34. The van der Waals surface area contributed by atoms with E-state index in [1.54, 1.807) is 7.11 Å². The maximum absolute atomic E-state index is 12.0. The zero-order valence-electron chi connectivity index (χ0n) is 15.9. The first-order valence-corrected chi connectivity index (χ1v) is 9.52. The molecule has 0 aromatic heterocycles. The van der Waals surface area contributed by atoms with Gasteiger partial charge >= 0.3 is 0 Å². The van der Waals surface area contributed by atoms with Crippen molar-refractivity contribution in [3.8, 4) is 5.75 Å². The van der Waals surface area contributed by atoms with Crippen molar-refractivity contribution < 1.29 is 14.3 Å². The van der Waals surface area contributed by atoms with Crippen LogP contribution in [-0.4, -0.2) is 13.0 Å². The minimum atomic E-state index is -0.936. The van der Waals surface area contributed by atoms with Gasteiger partial charge < -0.3 is 20.5 Å². The standard InChI is InChI=1S/C22H26N2O3/c1-14(25)24-22(11-10-16-8-9-19(26-2)13-20(16)22)27-21(23)18-7-6-15-4-3-5-17(15)12-18/h6-9,12-13,21H,3-5,10-11,23H2,1-2H3,(H,24,25). The van der Waals surface area contributed by atoms with E-state index in [4.69, 9.17) is 15.2 Å². The Morgan fingerprint density at radius 1 is 1.11 bits per heavy atom. The molecule has 2 aliphatic rings. The summed E-state index contributed by atoms with van der Waals surface area (Å²) in [6, 6.07) is 12.2. The Bertz CT molecular complexity index is 880. The third-order valence-corrected chi connectivity index (χ3v) is 5.66. The van der Waals surface area contributed by atoms with Crippen molar-refractivity contribution in [3.63, 3.8) is 0 Å². The van der Waals surface area contributed by atoms with Gasteiger partial charge in [-0.15, -0.1) is 0 Å². The fourth-order valence-corrected chi connectivity index (χ4v) is 4.34. The second-order valence-corrected chi connectivity index (χ2v) is 7.45. The molecule has 0 bridgehead atoms. The molecule has 27 heavy (non-hydrogen) atoms. The molecule has 2 unspecified atom stereocenters. The van der Waals surface area contributed by atoms with Crippen LogP contribution in [0.4, 0.5) is 0 Å². The summed E-state index contributed by atoms with van der Waals surface area (Å²) in [7, 11) is 1.63. The van der Waals surface area contributed by atoms with E-state index in [0.29, 0.717) is 6.42 Å². The third-order valence-electron chi connectivity index (χ3n) is 5.66. The number of methoxy groups -OCH3 is 1. The highest BCUT2D eigenvalue weighted by atomic mass is 16.5. The minimum absolute atomic E-state index is 0.146. The zero-order chi connectivity index (χ0) is 19.0. The predicted molar refractivity (Wildman–Crippen MR) is 103 cm³/mol. The summed E-state index contributed by atoms with van der Waals surface area (Å²) in [5, 5.41) is 3.02. The summed E-state index contributed by atoms with van der Waals surface area (Å²) in [6.07, 6.45) is 4.25. The molecule has 0 radical (unpaired) electrons. The number of carbonyl (C=O) groups is 1. The number of hydrogen-bond donors (Lipinski definition) is 2. The van der Waals surface area contributed by atoms with Gasteiger partial charge in [0.25, 0.3) is 0 Å². The van der Waals surface area contributed by atoms with Gasteiger partial charge in [0, 0.05) is 18.9 Å².